The van der Waals surface area contributed by atoms with E-state index in [1.54, 1.807) is 91.7 Å². The highest BCUT2D eigenvalue weighted by Crippen LogP contribution is 2.54. The largest absolute Gasteiger partial charge is 0.497 e. The Hall–Kier alpha value is -11.5. The van der Waals surface area contributed by atoms with Crippen LogP contribution in [0, 0.1) is 44.9 Å². The zero-order valence-electron chi connectivity index (χ0n) is 80.4. The molecule has 0 atom stereocenters. The first kappa shape index (κ1) is 101. The molecule has 0 radical (unpaired) electrons. The van der Waals surface area contributed by atoms with Crippen molar-refractivity contribution in [3.05, 3.63) is 258 Å². The minimum Gasteiger partial charge on any atom is -0.497 e. The van der Waals surface area contributed by atoms with Crippen molar-refractivity contribution < 1.29 is 102 Å². The topological polar surface area (TPSA) is 266 Å². The number of piperidine rings is 4. The maximum absolute atomic E-state index is 14.4. The van der Waals surface area contributed by atoms with E-state index in [1.807, 2.05) is 81.4 Å². The first-order chi connectivity index (χ1) is 65.5. The fourth-order valence-corrected chi connectivity index (χ4v) is 20.1. The van der Waals surface area contributed by atoms with Crippen molar-refractivity contribution >= 4 is 74.8 Å². The number of fused-ring (bicyclic) bond motifs is 8. The predicted octanol–water partition coefficient (Wildman–Crippen LogP) is 19.4. The van der Waals surface area contributed by atoms with Gasteiger partial charge in [-0.1, -0.05) is 46.6 Å². The number of sulfonamides is 1. The summed E-state index contributed by atoms with van der Waals surface area (Å²) in [6.45, 7) is 21.4. The van der Waals surface area contributed by atoms with E-state index in [1.165, 1.54) is 52.6 Å². The molecule has 0 bridgehead atoms. The lowest BCUT2D eigenvalue weighted by atomic mass is 9.86. The molecule has 20 rings (SSSR count). The van der Waals surface area contributed by atoms with E-state index in [0.717, 1.165) is 260 Å². The number of carbonyl (C=O) groups excluding carboxylic acids is 4. The highest BCUT2D eigenvalue weighted by molar-refractivity contribution is 7.89. The third-order valence-electron chi connectivity index (χ3n) is 27.7. The molecule has 1 amide bonds. The average molecular weight is 1940 g/mol. The number of amides is 1. The van der Waals surface area contributed by atoms with Crippen LogP contribution in [0.25, 0.3) is 22.3 Å². The quantitative estimate of drug-likeness (QED) is 0.0351. The smallest absolute Gasteiger partial charge is 0.319 e. The summed E-state index contributed by atoms with van der Waals surface area (Å²) < 4.78 is 139. The van der Waals surface area contributed by atoms with Crippen LogP contribution in [-0.2, 0) is 69.9 Å². The Morgan fingerprint density at radius 2 is 0.688 bits per heavy atom. The Morgan fingerprint density at radius 3 is 0.949 bits per heavy atom. The van der Waals surface area contributed by atoms with E-state index in [2.05, 4.69) is 36.9 Å². The number of ether oxygens (including phenoxy) is 10. The first-order valence-electron chi connectivity index (χ1n) is 47.3. The van der Waals surface area contributed by atoms with Crippen molar-refractivity contribution in [2.45, 2.75) is 182 Å². The van der Waals surface area contributed by atoms with E-state index < -0.39 is 49.3 Å². The van der Waals surface area contributed by atoms with E-state index in [0.29, 0.717) is 88.7 Å². The standard InChI is InChI=1S/C29H34FNO4.C26H29FN2O5S.C25H26FNO4.C20H20FNO2.C9H14O3.ClH/c1-28(2,3)35-27(32)29(11-12-29)18-31-13-9-19(10-14-31)26-23-7-6-22(33-4)15-20(23)17-34-25-8-5-21(30)16-24(25)26;1-33-20-4-5-21-18(13-20)15-34-23-6-3-19(27)14-22(23)24(21)17-7-11-29(12-8-17)16-26(9-10-26)25(30)28-35(2,31)32;1-30-19-3-4-20-17(12-19)14-31-22-5-2-18(26)13-21(22)23(20)16-6-10-27(11-7-16)15-25(8-9-25)24(28)29;1-23-16-3-4-17-14(10-16)12-24-19-5-2-15(21)11-18(19)20(17)13-6-8-22-9-7-13;1-8(2,3)12-7(11)9(6-10)4-5-9;/h5-8,15-16H,9-14,17-18H2,1-4H3;3-6,13-14H,7-12,15-16H2,1-2H3,(H,28,30);2-5,12-13H,6-11,14-15H2,1H3,(H,28,29);2-5,10-11,22H,6-9,12H2,1H3;6H,4-5H2,1-3H3;1H. The molecule has 4 aliphatic carbocycles. The SMILES string of the molecule is CC(C)(C)OC(=O)C1(C=O)CC1.COc1ccc2c(c1)COc1ccc(F)cc1C2=C1CCN(CC2(C(=O)NS(C)(=O)=O)CC2)CC1.COc1ccc2c(c1)COc1ccc(F)cc1C2=C1CCN(CC2(C(=O)O)CC2)CC1.COc1ccc2c(c1)COc1ccc(F)cc1C2=C1CCN(CC2(C(=O)OC(C)(C)C)CC2)CC1.COc1ccc2c(c1)COc1ccc(F)cc1C2=C1CCNCC1.Cl. The molecule has 8 aromatic rings. The van der Waals surface area contributed by atoms with E-state index in [-0.39, 0.29) is 53.0 Å². The van der Waals surface area contributed by atoms with Gasteiger partial charge in [0.15, 0.2) is 0 Å². The van der Waals surface area contributed by atoms with E-state index in [4.69, 9.17) is 47.4 Å². The lowest BCUT2D eigenvalue weighted by molar-refractivity contribution is -0.163. The molecule has 8 fully saturated rings. The zero-order chi connectivity index (χ0) is 97.1. The maximum atomic E-state index is 14.4. The Balaban J connectivity index is 0.000000135. The second kappa shape index (κ2) is 41.9. The van der Waals surface area contributed by atoms with Gasteiger partial charge in [-0.15, -0.1) is 12.4 Å². The molecule has 138 heavy (non-hydrogen) atoms. The van der Waals surface area contributed by atoms with Crippen LogP contribution in [0.3, 0.4) is 0 Å². The third kappa shape index (κ3) is 23.6. The molecule has 23 nitrogen and oxygen atoms in total. The number of nitrogens with zero attached hydrogens (tertiary/aromatic N) is 3. The average Bonchev–Trinajstić information content (AvgIpc) is 1.60. The van der Waals surface area contributed by atoms with Gasteiger partial charge in [0, 0.05) is 103 Å². The molecule has 734 valence electrons. The normalized spacial score (nSPS) is 18.8. The molecule has 8 aromatic carbocycles. The predicted molar refractivity (Wildman–Crippen MR) is 520 cm³/mol. The number of esters is 2. The fourth-order valence-electron chi connectivity index (χ4n) is 19.5. The second-order valence-electron chi connectivity index (χ2n) is 39.9. The van der Waals surface area contributed by atoms with Gasteiger partial charge in [-0.05, 0) is 323 Å². The molecular formula is C109H124ClF4N5O18S. The minimum absolute atomic E-state index is 0. The number of nitrogens with one attached hydrogen (secondary N) is 2. The summed E-state index contributed by atoms with van der Waals surface area (Å²) in [7, 11) is 3.01. The first-order valence-corrected chi connectivity index (χ1v) is 49.2. The fraction of sp³-hybridized carbons (Fsp3) is 0.440. The van der Waals surface area contributed by atoms with Gasteiger partial charge in [0.25, 0.3) is 0 Å². The molecular weight excluding hydrogens is 1810 g/mol. The number of carbonyl (C=O) groups is 5. The Bertz CT molecular complexity index is 6200. The van der Waals surface area contributed by atoms with Crippen molar-refractivity contribution in [3.63, 3.8) is 0 Å². The third-order valence-corrected chi connectivity index (χ3v) is 28.3. The molecule has 3 N–H and O–H groups in total. The van der Waals surface area contributed by atoms with Crippen LogP contribution < -0.4 is 47.9 Å². The summed E-state index contributed by atoms with van der Waals surface area (Å²) in [5.74, 6) is 3.26. The highest BCUT2D eigenvalue weighted by Gasteiger charge is 2.56. The molecule has 4 saturated heterocycles. The van der Waals surface area contributed by atoms with Crippen LogP contribution in [0.2, 0.25) is 0 Å². The van der Waals surface area contributed by atoms with Gasteiger partial charge in [0.2, 0.25) is 15.9 Å². The number of methoxy groups -OCH3 is 4. The minimum atomic E-state index is -3.58. The molecule has 12 aliphatic rings. The van der Waals surface area contributed by atoms with Gasteiger partial charge >= 0.3 is 17.9 Å². The number of carboxylic acid groups (broad SMARTS) is 1. The Labute approximate surface area is 811 Å². The molecule has 8 aliphatic heterocycles. The van der Waals surface area contributed by atoms with Crippen molar-refractivity contribution in [1.82, 2.24) is 24.7 Å². The summed E-state index contributed by atoms with van der Waals surface area (Å²) >= 11 is 0. The number of benzene rings is 8. The number of hydrogen-bond acceptors (Lipinski definition) is 21. The van der Waals surface area contributed by atoms with Gasteiger partial charge in [0.05, 0.1) is 50.9 Å². The molecule has 8 heterocycles. The number of carboxylic acids is 1. The zero-order valence-corrected chi connectivity index (χ0v) is 82.0. The number of aldehydes is 1. The second-order valence-corrected chi connectivity index (χ2v) is 41.7. The van der Waals surface area contributed by atoms with Crippen molar-refractivity contribution in [2.24, 2.45) is 21.7 Å². The lowest BCUT2D eigenvalue weighted by Crippen LogP contribution is -2.44. The van der Waals surface area contributed by atoms with Gasteiger partial charge < -0.3 is 77.3 Å². The van der Waals surface area contributed by atoms with Crippen molar-refractivity contribution in [3.8, 4) is 46.0 Å². The number of rotatable bonds is 16. The van der Waals surface area contributed by atoms with Crippen LogP contribution in [0.5, 0.6) is 46.0 Å². The summed E-state index contributed by atoms with van der Waals surface area (Å²) in [5, 5.41) is 12.9. The van der Waals surface area contributed by atoms with Crippen molar-refractivity contribution in [1.29, 1.82) is 0 Å². The molecule has 0 aromatic heterocycles. The molecule has 0 spiro atoms. The number of hydrogen-bond donors (Lipinski definition) is 3. The van der Waals surface area contributed by atoms with Gasteiger partial charge in [0.1, 0.15) is 119 Å². The van der Waals surface area contributed by atoms with E-state index >= 15 is 0 Å². The highest BCUT2D eigenvalue weighted by atomic mass is 35.5. The van der Waals surface area contributed by atoms with Crippen LogP contribution >= 0.6 is 12.4 Å². The van der Waals surface area contributed by atoms with Crippen LogP contribution in [0.15, 0.2) is 168 Å². The molecule has 0 unspecified atom stereocenters. The van der Waals surface area contributed by atoms with Crippen molar-refractivity contribution in [2.75, 3.05) is 107 Å². The monoisotopic (exact) mass is 1930 g/mol. The summed E-state index contributed by atoms with van der Waals surface area (Å²) in [6.07, 6.45) is 14.6. The summed E-state index contributed by atoms with van der Waals surface area (Å²) in [5.41, 5.74) is 17.7. The summed E-state index contributed by atoms with van der Waals surface area (Å²) in [4.78, 5) is 65.6. The Kier molecular flexibility index (Phi) is 30.6. The van der Waals surface area contributed by atoms with Gasteiger partial charge in [-0.25, -0.2) is 26.0 Å². The van der Waals surface area contributed by atoms with E-state index in [9.17, 15) is 55.1 Å². The molecule has 4 saturated carbocycles. The van der Waals surface area contributed by atoms with Crippen LogP contribution in [0.4, 0.5) is 17.6 Å². The Morgan fingerprint density at radius 1 is 0.406 bits per heavy atom. The van der Waals surface area contributed by atoms with Crippen LogP contribution in [0.1, 0.15) is 211 Å². The van der Waals surface area contributed by atoms with Gasteiger partial charge in [-0.2, -0.15) is 0 Å². The number of likely N-dealkylation sites (tertiary alicyclic amines) is 3. The lowest BCUT2D eigenvalue weighted by Gasteiger charge is -2.33. The van der Waals surface area contributed by atoms with Gasteiger partial charge in [-0.3, -0.25) is 23.9 Å². The summed E-state index contributed by atoms with van der Waals surface area (Å²) in [6, 6.07) is 42.8. The molecule has 29 heteroatoms. The van der Waals surface area contributed by atoms with Crippen LogP contribution in [-0.4, -0.2) is 176 Å². The number of aliphatic carboxylic acids is 1. The number of halogens is 5. The maximum Gasteiger partial charge on any atom is 0.319 e.